The Morgan fingerprint density at radius 1 is 1.30 bits per heavy atom. The van der Waals surface area contributed by atoms with Gasteiger partial charge in [-0.3, -0.25) is 4.99 Å². The van der Waals surface area contributed by atoms with Crippen LogP contribution in [0.2, 0.25) is 0 Å². The first kappa shape index (κ1) is 17.6. The van der Waals surface area contributed by atoms with Gasteiger partial charge >= 0.3 is 0 Å². The lowest BCUT2D eigenvalue weighted by atomic mass is 10.1. The molecular formula is C18H29N5. The maximum atomic E-state index is 4.50. The third-order valence-corrected chi connectivity index (χ3v) is 4.13. The molecule has 0 radical (unpaired) electrons. The van der Waals surface area contributed by atoms with Crippen molar-refractivity contribution >= 4 is 17.4 Å². The van der Waals surface area contributed by atoms with Gasteiger partial charge in [0, 0.05) is 51.2 Å². The molecular weight excluding hydrogens is 286 g/mol. The Kier molecular flexibility index (Phi) is 7.23. The minimum atomic E-state index is 0.670. The maximum absolute atomic E-state index is 4.50. The standard InChI is InChI=1S/C18H29N5/c1-4-15(2)21-18(19-3)22-17-7-5-6-16(14-17)8-11-23-12-9-20-10-13-23/h5-7,14,20H,4,8-13H2,1-3H3,(H,19,22)/b21-15-. The van der Waals surface area contributed by atoms with Crippen molar-refractivity contribution in [1.82, 2.24) is 10.2 Å². The highest BCUT2D eigenvalue weighted by molar-refractivity contribution is 6.02. The van der Waals surface area contributed by atoms with E-state index in [0.717, 1.165) is 57.0 Å². The smallest absolute Gasteiger partial charge is 0.222 e. The molecule has 2 N–H and O–H groups in total. The van der Waals surface area contributed by atoms with Gasteiger partial charge in [0.15, 0.2) is 0 Å². The summed E-state index contributed by atoms with van der Waals surface area (Å²) in [6.45, 7) is 9.75. The van der Waals surface area contributed by atoms with Crippen molar-refractivity contribution in [1.29, 1.82) is 0 Å². The van der Waals surface area contributed by atoms with Gasteiger partial charge in [0.2, 0.25) is 5.96 Å². The largest absolute Gasteiger partial charge is 0.324 e. The number of anilines is 1. The number of aliphatic imine (C=N–C) groups is 2. The molecule has 0 atom stereocenters. The molecule has 1 fully saturated rings. The molecule has 1 aromatic rings. The summed E-state index contributed by atoms with van der Waals surface area (Å²) in [5.41, 5.74) is 3.48. The molecule has 1 saturated heterocycles. The van der Waals surface area contributed by atoms with Crippen LogP contribution in [0, 0.1) is 0 Å². The minimum absolute atomic E-state index is 0.670. The van der Waals surface area contributed by atoms with E-state index in [1.165, 1.54) is 5.56 Å². The molecule has 1 aliphatic heterocycles. The summed E-state index contributed by atoms with van der Waals surface area (Å²) in [7, 11) is 1.77. The van der Waals surface area contributed by atoms with Crippen LogP contribution in [0.3, 0.4) is 0 Å². The first-order valence-electron chi connectivity index (χ1n) is 8.51. The minimum Gasteiger partial charge on any atom is -0.324 e. The van der Waals surface area contributed by atoms with Crippen molar-refractivity contribution in [3.63, 3.8) is 0 Å². The quantitative estimate of drug-likeness (QED) is 0.648. The predicted octanol–water partition coefficient (Wildman–Crippen LogP) is 2.40. The molecule has 1 aromatic carbocycles. The zero-order valence-electron chi connectivity index (χ0n) is 14.6. The van der Waals surface area contributed by atoms with Crippen LogP contribution in [0.4, 0.5) is 5.69 Å². The van der Waals surface area contributed by atoms with E-state index in [-0.39, 0.29) is 0 Å². The fourth-order valence-electron chi connectivity index (χ4n) is 2.55. The van der Waals surface area contributed by atoms with Gasteiger partial charge in [0.1, 0.15) is 0 Å². The number of hydrogen-bond acceptors (Lipinski definition) is 3. The second-order valence-corrected chi connectivity index (χ2v) is 5.91. The first-order valence-corrected chi connectivity index (χ1v) is 8.51. The molecule has 0 bridgehead atoms. The Hall–Kier alpha value is -1.72. The highest BCUT2D eigenvalue weighted by atomic mass is 15.2. The number of nitrogens with zero attached hydrogens (tertiary/aromatic N) is 3. The molecule has 0 aliphatic carbocycles. The summed E-state index contributed by atoms with van der Waals surface area (Å²) in [4.78, 5) is 11.2. The van der Waals surface area contributed by atoms with Crippen LogP contribution < -0.4 is 10.6 Å². The van der Waals surface area contributed by atoms with Gasteiger partial charge in [-0.05, 0) is 37.5 Å². The molecule has 0 saturated carbocycles. The summed E-state index contributed by atoms with van der Waals surface area (Å²) in [5.74, 6) is 0.670. The summed E-state index contributed by atoms with van der Waals surface area (Å²) >= 11 is 0. The SMILES string of the molecule is CC/C(C)=N\C(=NC)Nc1cccc(CCN2CCNCC2)c1. The lowest BCUT2D eigenvalue weighted by Crippen LogP contribution is -2.44. The summed E-state index contributed by atoms with van der Waals surface area (Å²) in [5, 5.41) is 6.70. The van der Waals surface area contributed by atoms with E-state index in [9.17, 15) is 0 Å². The highest BCUT2D eigenvalue weighted by Gasteiger charge is 2.09. The maximum Gasteiger partial charge on any atom is 0.222 e. The second-order valence-electron chi connectivity index (χ2n) is 5.91. The van der Waals surface area contributed by atoms with Crippen molar-refractivity contribution in [2.45, 2.75) is 26.7 Å². The monoisotopic (exact) mass is 315 g/mol. The van der Waals surface area contributed by atoms with Crippen LogP contribution in [0.5, 0.6) is 0 Å². The van der Waals surface area contributed by atoms with E-state index in [2.05, 4.69) is 56.7 Å². The molecule has 1 aliphatic rings. The van der Waals surface area contributed by atoms with E-state index in [1.807, 2.05) is 6.92 Å². The Labute approximate surface area is 139 Å². The molecule has 0 unspecified atom stereocenters. The van der Waals surface area contributed by atoms with Crippen LogP contribution in [0.25, 0.3) is 0 Å². The lowest BCUT2D eigenvalue weighted by Gasteiger charge is -2.27. The molecule has 1 heterocycles. The molecule has 0 spiro atoms. The fourth-order valence-corrected chi connectivity index (χ4v) is 2.55. The number of nitrogens with one attached hydrogen (secondary N) is 2. The summed E-state index contributed by atoms with van der Waals surface area (Å²) in [6.07, 6.45) is 2.01. The van der Waals surface area contributed by atoms with E-state index < -0.39 is 0 Å². The van der Waals surface area contributed by atoms with E-state index >= 15 is 0 Å². The molecule has 5 nitrogen and oxygen atoms in total. The number of benzene rings is 1. The lowest BCUT2D eigenvalue weighted by molar-refractivity contribution is 0.244. The topological polar surface area (TPSA) is 52.0 Å². The van der Waals surface area contributed by atoms with Crippen molar-refractivity contribution in [2.24, 2.45) is 9.98 Å². The Bertz CT molecular complexity index is 544. The van der Waals surface area contributed by atoms with Crippen LogP contribution in [-0.2, 0) is 6.42 Å². The number of hydrogen-bond donors (Lipinski definition) is 2. The highest BCUT2D eigenvalue weighted by Crippen LogP contribution is 2.12. The normalized spacial score (nSPS) is 17.3. The second kappa shape index (κ2) is 9.43. The van der Waals surface area contributed by atoms with Gasteiger partial charge in [-0.2, -0.15) is 0 Å². The van der Waals surface area contributed by atoms with E-state index in [4.69, 9.17) is 0 Å². The number of rotatable bonds is 5. The van der Waals surface area contributed by atoms with E-state index in [0.29, 0.717) is 5.96 Å². The third kappa shape index (κ3) is 6.12. The molecule has 2 rings (SSSR count). The molecule has 23 heavy (non-hydrogen) atoms. The molecule has 0 amide bonds. The van der Waals surface area contributed by atoms with Crippen molar-refractivity contribution in [3.8, 4) is 0 Å². The average molecular weight is 315 g/mol. The predicted molar refractivity (Wildman–Crippen MR) is 99.8 cm³/mol. The van der Waals surface area contributed by atoms with Gasteiger partial charge in [-0.1, -0.05) is 19.1 Å². The van der Waals surface area contributed by atoms with Gasteiger partial charge in [0.25, 0.3) is 0 Å². The Morgan fingerprint density at radius 3 is 2.78 bits per heavy atom. The van der Waals surface area contributed by atoms with Crippen LogP contribution >= 0.6 is 0 Å². The summed E-state index contributed by atoms with van der Waals surface area (Å²) < 4.78 is 0. The van der Waals surface area contributed by atoms with Crippen LogP contribution in [0.1, 0.15) is 25.8 Å². The van der Waals surface area contributed by atoms with Crippen molar-refractivity contribution < 1.29 is 0 Å². The van der Waals surface area contributed by atoms with Crippen molar-refractivity contribution in [2.75, 3.05) is 45.1 Å². The van der Waals surface area contributed by atoms with Gasteiger partial charge in [-0.15, -0.1) is 0 Å². The average Bonchev–Trinajstić information content (AvgIpc) is 2.60. The van der Waals surface area contributed by atoms with E-state index in [1.54, 1.807) is 7.05 Å². The van der Waals surface area contributed by atoms with Gasteiger partial charge < -0.3 is 15.5 Å². The van der Waals surface area contributed by atoms with Crippen LogP contribution in [0.15, 0.2) is 34.3 Å². The first-order chi connectivity index (χ1) is 11.2. The van der Waals surface area contributed by atoms with Gasteiger partial charge in [0.05, 0.1) is 0 Å². The fraction of sp³-hybridized carbons (Fsp3) is 0.556. The van der Waals surface area contributed by atoms with Crippen molar-refractivity contribution in [3.05, 3.63) is 29.8 Å². The summed E-state index contributed by atoms with van der Waals surface area (Å²) in [6, 6.07) is 8.55. The molecule has 0 aromatic heterocycles. The Balaban J connectivity index is 1.93. The number of guanidine groups is 1. The number of piperazine rings is 1. The van der Waals surface area contributed by atoms with Gasteiger partial charge in [-0.25, -0.2) is 4.99 Å². The zero-order chi connectivity index (χ0) is 16.5. The Morgan fingerprint density at radius 2 is 2.09 bits per heavy atom. The molecule has 5 heteroatoms. The molecule has 126 valence electrons. The third-order valence-electron chi connectivity index (χ3n) is 4.13. The zero-order valence-corrected chi connectivity index (χ0v) is 14.6. The van der Waals surface area contributed by atoms with Crippen LogP contribution in [-0.4, -0.2) is 56.3 Å².